The van der Waals surface area contributed by atoms with Gasteiger partial charge in [-0.1, -0.05) is 42.5 Å². The fourth-order valence-electron chi connectivity index (χ4n) is 2.09. The van der Waals surface area contributed by atoms with Crippen molar-refractivity contribution in [3.63, 3.8) is 0 Å². The van der Waals surface area contributed by atoms with E-state index in [1.54, 1.807) is 0 Å². The van der Waals surface area contributed by atoms with E-state index >= 15 is 0 Å². The minimum absolute atomic E-state index is 0.0356. The predicted octanol–water partition coefficient (Wildman–Crippen LogP) is 2.59. The first-order valence-electron chi connectivity index (χ1n) is 6.47. The molecule has 0 saturated carbocycles. The molecule has 0 aliphatic rings. The van der Waals surface area contributed by atoms with Crippen LogP contribution >= 0.6 is 0 Å². The minimum atomic E-state index is -0.0356. The summed E-state index contributed by atoms with van der Waals surface area (Å²) in [7, 11) is 0. The maximum atomic E-state index is 9.51. The quantitative estimate of drug-likeness (QED) is 0.721. The van der Waals surface area contributed by atoms with Crippen molar-refractivity contribution in [2.24, 2.45) is 0 Å². The molecular formula is C16H20N2O. The summed E-state index contributed by atoms with van der Waals surface area (Å²) >= 11 is 0. The first kappa shape index (κ1) is 13.4. The van der Waals surface area contributed by atoms with Crippen LogP contribution in [0.4, 0.5) is 11.4 Å². The highest BCUT2D eigenvalue weighted by Gasteiger charge is 2.10. The number of rotatable bonds is 5. The van der Waals surface area contributed by atoms with Crippen LogP contribution in [-0.2, 0) is 6.42 Å². The number of aliphatic hydroxyl groups excluding tert-OH is 1. The van der Waals surface area contributed by atoms with Crippen molar-refractivity contribution in [2.45, 2.75) is 19.4 Å². The van der Waals surface area contributed by atoms with E-state index in [0.29, 0.717) is 0 Å². The lowest BCUT2D eigenvalue weighted by Crippen LogP contribution is -2.26. The number of benzene rings is 2. The number of para-hydroxylation sites is 1. The number of hydrogen-bond acceptors (Lipinski definition) is 3. The second-order valence-electron chi connectivity index (χ2n) is 4.75. The Balaban J connectivity index is 2.09. The molecule has 1 unspecified atom stereocenters. The minimum Gasteiger partial charge on any atom is -0.397 e. The van der Waals surface area contributed by atoms with E-state index in [9.17, 15) is 5.11 Å². The highest BCUT2D eigenvalue weighted by atomic mass is 16.3. The summed E-state index contributed by atoms with van der Waals surface area (Å²) in [5, 5.41) is 12.8. The predicted molar refractivity (Wildman–Crippen MR) is 80.2 cm³/mol. The topological polar surface area (TPSA) is 58.3 Å². The Labute approximate surface area is 114 Å². The van der Waals surface area contributed by atoms with Crippen LogP contribution in [-0.4, -0.2) is 17.8 Å². The summed E-state index contributed by atoms with van der Waals surface area (Å²) in [6.07, 6.45) is 0.769. The molecule has 0 fully saturated rings. The van der Waals surface area contributed by atoms with E-state index in [-0.39, 0.29) is 12.6 Å². The molecule has 0 aliphatic carbocycles. The molecule has 1 atom stereocenters. The summed E-state index contributed by atoms with van der Waals surface area (Å²) in [6.45, 7) is 2.05. The SMILES string of the molecule is Cc1cccc(NC(CO)Cc2ccccc2)c1N. The van der Waals surface area contributed by atoms with Gasteiger partial charge in [0.1, 0.15) is 0 Å². The molecule has 2 aromatic rings. The highest BCUT2D eigenvalue weighted by molar-refractivity contribution is 5.69. The summed E-state index contributed by atoms with van der Waals surface area (Å²) in [5.74, 6) is 0. The van der Waals surface area contributed by atoms with Gasteiger partial charge in [-0.2, -0.15) is 0 Å². The number of hydrogen-bond donors (Lipinski definition) is 3. The molecule has 0 aromatic heterocycles. The van der Waals surface area contributed by atoms with Gasteiger partial charge in [-0.3, -0.25) is 0 Å². The van der Waals surface area contributed by atoms with Gasteiger partial charge in [0.2, 0.25) is 0 Å². The summed E-state index contributed by atoms with van der Waals surface area (Å²) in [4.78, 5) is 0. The smallest absolute Gasteiger partial charge is 0.0636 e. The van der Waals surface area contributed by atoms with Crippen molar-refractivity contribution in [2.75, 3.05) is 17.7 Å². The average molecular weight is 256 g/mol. The molecule has 0 bridgehead atoms. The normalized spacial score (nSPS) is 12.1. The molecule has 3 nitrogen and oxygen atoms in total. The van der Waals surface area contributed by atoms with Crippen LogP contribution in [0.25, 0.3) is 0 Å². The third-order valence-electron chi connectivity index (χ3n) is 3.23. The molecule has 0 heterocycles. The first-order valence-corrected chi connectivity index (χ1v) is 6.47. The molecule has 0 amide bonds. The van der Waals surface area contributed by atoms with Gasteiger partial charge in [0.15, 0.2) is 0 Å². The second kappa shape index (κ2) is 6.25. The Morgan fingerprint density at radius 3 is 2.53 bits per heavy atom. The molecule has 3 heteroatoms. The summed E-state index contributed by atoms with van der Waals surface area (Å²) in [5.41, 5.74) is 9.90. The van der Waals surface area contributed by atoms with E-state index in [0.717, 1.165) is 23.4 Å². The van der Waals surface area contributed by atoms with Gasteiger partial charge in [-0.25, -0.2) is 0 Å². The molecule has 2 aromatic carbocycles. The van der Waals surface area contributed by atoms with Gasteiger partial charge >= 0.3 is 0 Å². The van der Waals surface area contributed by atoms with Crippen LogP contribution in [0.5, 0.6) is 0 Å². The maximum absolute atomic E-state index is 9.51. The van der Waals surface area contributed by atoms with Gasteiger partial charge in [-0.15, -0.1) is 0 Å². The van der Waals surface area contributed by atoms with Crippen LogP contribution in [0.15, 0.2) is 48.5 Å². The van der Waals surface area contributed by atoms with E-state index < -0.39 is 0 Å². The third-order valence-corrected chi connectivity index (χ3v) is 3.23. The lowest BCUT2D eigenvalue weighted by molar-refractivity contribution is 0.274. The van der Waals surface area contributed by atoms with Crippen molar-refractivity contribution in [3.05, 3.63) is 59.7 Å². The van der Waals surface area contributed by atoms with Crippen LogP contribution in [0.3, 0.4) is 0 Å². The molecule has 0 spiro atoms. The molecule has 0 aliphatic heterocycles. The molecule has 0 saturated heterocycles. The van der Waals surface area contributed by atoms with Gasteiger partial charge in [0.25, 0.3) is 0 Å². The van der Waals surface area contributed by atoms with Crippen molar-refractivity contribution in [3.8, 4) is 0 Å². The lowest BCUT2D eigenvalue weighted by atomic mass is 10.1. The largest absolute Gasteiger partial charge is 0.397 e. The zero-order valence-electron chi connectivity index (χ0n) is 11.1. The Kier molecular flexibility index (Phi) is 4.42. The van der Waals surface area contributed by atoms with Gasteiger partial charge in [0.05, 0.1) is 24.0 Å². The van der Waals surface area contributed by atoms with E-state index in [1.807, 2.05) is 43.3 Å². The lowest BCUT2D eigenvalue weighted by Gasteiger charge is -2.19. The molecule has 0 radical (unpaired) electrons. The van der Waals surface area contributed by atoms with Crippen LogP contribution < -0.4 is 11.1 Å². The molecule has 100 valence electrons. The molecular weight excluding hydrogens is 236 g/mol. The highest BCUT2D eigenvalue weighted by Crippen LogP contribution is 2.23. The number of aliphatic hydroxyl groups is 1. The number of nitrogens with two attached hydrogens (primary N) is 1. The fourth-order valence-corrected chi connectivity index (χ4v) is 2.09. The number of nitrogen functional groups attached to an aromatic ring is 1. The van der Waals surface area contributed by atoms with Gasteiger partial charge in [0, 0.05) is 0 Å². The standard InChI is InChI=1S/C16H20N2O/c1-12-6-5-9-15(16(12)17)18-14(11-19)10-13-7-3-2-4-8-13/h2-9,14,18-19H,10-11,17H2,1H3. The van der Waals surface area contributed by atoms with Crippen LogP contribution in [0.2, 0.25) is 0 Å². The average Bonchev–Trinajstić information content (AvgIpc) is 2.44. The molecule has 2 rings (SSSR count). The van der Waals surface area contributed by atoms with E-state index in [1.165, 1.54) is 5.56 Å². The molecule has 4 N–H and O–H groups in total. The van der Waals surface area contributed by atoms with Crippen molar-refractivity contribution in [1.29, 1.82) is 0 Å². The maximum Gasteiger partial charge on any atom is 0.0636 e. The third kappa shape index (κ3) is 3.48. The Morgan fingerprint density at radius 1 is 1.11 bits per heavy atom. The van der Waals surface area contributed by atoms with E-state index in [2.05, 4.69) is 17.4 Å². The van der Waals surface area contributed by atoms with Crippen LogP contribution in [0.1, 0.15) is 11.1 Å². The Morgan fingerprint density at radius 2 is 1.84 bits per heavy atom. The van der Waals surface area contributed by atoms with Crippen molar-refractivity contribution >= 4 is 11.4 Å². The Hall–Kier alpha value is -2.00. The van der Waals surface area contributed by atoms with Gasteiger partial charge in [-0.05, 0) is 30.5 Å². The van der Waals surface area contributed by atoms with Crippen molar-refractivity contribution in [1.82, 2.24) is 0 Å². The Bertz CT molecular complexity index is 526. The van der Waals surface area contributed by atoms with E-state index in [4.69, 9.17) is 5.73 Å². The number of nitrogens with one attached hydrogen (secondary N) is 1. The second-order valence-corrected chi connectivity index (χ2v) is 4.75. The summed E-state index contributed by atoms with van der Waals surface area (Å²) in [6, 6.07) is 16.0. The zero-order chi connectivity index (χ0) is 13.7. The van der Waals surface area contributed by atoms with Crippen molar-refractivity contribution < 1.29 is 5.11 Å². The van der Waals surface area contributed by atoms with Crippen LogP contribution in [0, 0.1) is 6.92 Å². The number of aryl methyl sites for hydroxylation is 1. The zero-order valence-corrected chi connectivity index (χ0v) is 11.1. The summed E-state index contributed by atoms with van der Waals surface area (Å²) < 4.78 is 0. The number of anilines is 2. The monoisotopic (exact) mass is 256 g/mol. The molecule has 19 heavy (non-hydrogen) atoms. The first-order chi connectivity index (χ1) is 9.20. The fraction of sp³-hybridized carbons (Fsp3) is 0.250. The van der Waals surface area contributed by atoms with Gasteiger partial charge < -0.3 is 16.2 Å².